The lowest BCUT2D eigenvalue weighted by molar-refractivity contribution is -0.117. The summed E-state index contributed by atoms with van der Waals surface area (Å²) in [5, 5.41) is 2.95. The van der Waals surface area contributed by atoms with Crippen molar-refractivity contribution in [3.05, 3.63) is 12.2 Å². The van der Waals surface area contributed by atoms with Crippen LogP contribution >= 0.6 is 0 Å². The zero-order valence-corrected chi connectivity index (χ0v) is 18.1. The van der Waals surface area contributed by atoms with E-state index in [1.165, 1.54) is 90.1 Å². The van der Waals surface area contributed by atoms with Gasteiger partial charge in [-0.1, -0.05) is 84.6 Å². The van der Waals surface area contributed by atoms with Gasteiger partial charge in [0.05, 0.1) is 0 Å². The van der Waals surface area contributed by atoms with Gasteiger partial charge in [0.15, 0.2) is 0 Å². The van der Waals surface area contributed by atoms with Crippen LogP contribution in [-0.2, 0) is 4.79 Å². The fourth-order valence-corrected chi connectivity index (χ4v) is 3.22. The third-order valence-electron chi connectivity index (χ3n) is 4.98. The van der Waals surface area contributed by atoms with E-state index in [0.29, 0.717) is 5.57 Å². The summed E-state index contributed by atoms with van der Waals surface area (Å²) in [5.74, 6) is -0.0107. The van der Waals surface area contributed by atoms with Gasteiger partial charge in [-0.25, -0.2) is 0 Å². The summed E-state index contributed by atoms with van der Waals surface area (Å²) < 4.78 is 0. The predicted octanol–water partition coefficient (Wildman–Crippen LogP) is 6.09. The molecule has 3 heteroatoms. The maximum Gasteiger partial charge on any atom is 0.246 e. The van der Waals surface area contributed by atoms with Crippen LogP contribution in [0.3, 0.4) is 0 Å². The number of carbonyl (C=O) groups is 1. The summed E-state index contributed by atoms with van der Waals surface area (Å²) in [6.45, 7) is 14.3. The molecule has 0 spiro atoms. The minimum absolute atomic E-state index is 0.0107. The number of hydrogen-bond acceptors (Lipinski definition) is 2. The molecule has 0 bridgehead atoms. The number of rotatable bonds is 19. The van der Waals surface area contributed by atoms with Crippen LogP contribution < -0.4 is 5.32 Å². The predicted molar refractivity (Wildman–Crippen MR) is 116 cm³/mol. The van der Waals surface area contributed by atoms with Crippen molar-refractivity contribution in [3.63, 3.8) is 0 Å². The molecule has 154 valence electrons. The second-order valence-corrected chi connectivity index (χ2v) is 7.77. The largest absolute Gasteiger partial charge is 0.352 e. The number of hydrogen-bond donors (Lipinski definition) is 1. The molecule has 0 aromatic heterocycles. The molecule has 0 aliphatic heterocycles. The van der Waals surface area contributed by atoms with E-state index in [-0.39, 0.29) is 5.91 Å². The average Bonchev–Trinajstić information content (AvgIpc) is 2.63. The Hall–Kier alpha value is -0.830. The minimum Gasteiger partial charge on any atom is -0.352 e. The topological polar surface area (TPSA) is 32.3 Å². The molecule has 0 aromatic rings. The molecule has 0 rings (SSSR count). The van der Waals surface area contributed by atoms with E-state index in [9.17, 15) is 4.79 Å². The van der Waals surface area contributed by atoms with E-state index < -0.39 is 0 Å². The van der Waals surface area contributed by atoms with Gasteiger partial charge in [-0.3, -0.25) is 4.79 Å². The van der Waals surface area contributed by atoms with Crippen molar-refractivity contribution in [2.75, 3.05) is 26.2 Å². The Morgan fingerprint density at radius 1 is 0.731 bits per heavy atom. The Kier molecular flexibility index (Phi) is 18.3. The van der Waals surface area contributed by atoms with Crippen molar-refractivity contribution in [3.8, 4) is 0 Å². The molecule has 1 N–H and O–H groups in total. The van der Waals surface area contributed by atoms with Crippen LogP contribution in [0.1, 0.15) is 104 Å². The monoisotopic (exact) mass is 366 g/mol. The van der Waals surface area contributed by atoms with Crippen LogP contribution in [0.2, 0.25) is 0 Å². The lowest BCUT2D eigenvalue weighted by atomic mass is 10.1. The molecule has 0 aromatic carbocycles. The van der Waals surface area contributed by atoms with Crippen LogP contribution in [0.5, 0.6) is 0 Å². The lowest BCUT2D eigenvalue weighted by Crippen LogP contribution is -2.31. The summed E-state index contributed by atoms with van der Waals surface area (Å²) >= 11 is 0. The normalized spacial score (nSPS) is 11.1. The van der Waals surface area contributed by atoms with Crippen molar-refractivity contribution >= 4 is 5.91 Å². The van der Waals surface area contributed by atoms with Crippen molar-refractivity contribution < 1.29 is 4.79 Å². The standard InChI is InChI=1S/C23H46N2O/c1-5-7-9-11-13-15-19-25(20-16-14-12-10-8-6-2)21-17-18-24-23(26)22(3)4/h3,5-21H2,1-2,4H3,(H,24,26). The highest BCUT2D eigenvalue weighted by atomic mass is 16.1. The lowest BCUT2D eigenvalue weighted by Gasteiger charge is -2.22. The molecule has 0 aliphatic carbocycles. The summed E-state index contributed by atoms with van der Waals surface area (Å²) in [4.78, 5) is 14.2. The van der Waals surface area contributed by atoms with Crippen LogP contribution in [0.25, 0.3) is 0 Å². The molecule has 26 heavy (non-hydrogen) atoms. The number of nitrogens with zero attached hydrogens (tertiary/aromatic N) is 1. The Bertz CT molecular complexity index is 325. The number of unbranched alkanes of at least 4 members (excludes halogenated alkanes) is 10. The molecule has 0 fully saturated rings. The summed E-state index contributed by atoms with van der Waals surface area (Å²) in [6.07, 6.45) is 17.3. The van der Waals surface area contributed by atoms with Gasteiger partial charge in [-0.05, 0) is 45.8 Å². The summed E-state index contributed by atoms with van der Waals surface area (Å²) in [5.41, 5.74) is 0.598. The Labute approximate surface area is 164 Å². The van der Waals surface area contributed by atoms with Gasteiger partial charge in [0, 0.05) is 12.1 Å². The van der Waals surface area contributed by atoms with E-state index in [0.717, 1.165) is 19.5 Å². The number of amides is 1. The van der Waals surface area contributed by atoms with Crippen molar-refractivity contribution in [1.82, 2.24) is 10.2 Å². The molecular formula is C23H46N2O. The molecule has 0 radical (unpaired) electrons. The molecule has 0 heterocycles. The SMILES string of the molecule is C=C(C)C(=O)NCCCN(CCCCCCCC)CCCCCCCC. The first-order valence-corrected chi connectivity index (χ1v) is 11.3. The molecule has 3 nitrogen and oxygen atoms in total. The van der Waals surface area contributed by atoms with Gasteiger partial charge in [0.2, 0.25) is 5.91 Å². The summed E-state index contributed by atoms with van der Waals surface area (Å²) in [6, 6.07) is 0. The van der Waals surface area contributed by atoms with Gasteiger partial charge in [0.1, 0.15) is 0 Å². The Morgan fingerprint density at radius 2 is 1.15 bits per heavy atom. The van der Waals surface area contributed by atoms with Gasteiger partial charge in [-0.2, -0.15) is 0 Å². The number of carbonyl (C=O) groups excluding carboxylic acids is 1. The van der Waals surface area contributed by atoms with Gasteiger partial charge < -0.3 is 10.2 Å². The zero-order valence-electron chi connectivity index (χ0n) is 18.1. The maximum absolute atomic E-state index is 11.6. The maximum atomic E-state index is 11.6. The third kappa shape index (κ3) is 16.6. The zero-order chi connectivity index (χ0) is 19.5. The molecular weight excluding hydrogens is 320 g/mol. The fourth-order valence-electron chi connectivity index (χ4n) is 3.22. The van der Waals surface area contributed by atoms with E-state index in [2.05, 4.69) is 30.6 Å². The van der Waals surface area contributed by atoms with E-state index in [4.69, 9.17) is 0 Å². The molecule has 0 saturated heterocycles. The first kappa shape index (κ1) is 25.2. The van der Waals surface area contributed by atoms with Crippen LogP contribution in [0, 0.1) is 0 Å². The fraction of sp³-hybridized carbons (Fsp3) is 0.870. The highest BCUT2D eigenvalue weighted by Crippen LogP contribution is 2.09. The average molecular weight is 367 g/mol. The van der Waals surface area contributed by atoms with Crippen LogP contribution in [0.15, 0.2) is 12.2 Å². The van der Waals surface area contributed by atoms with Gasteiger partial charge in [-0.15, -0.1) is 0 Å². The second kappa shape index (κ2) is 18.9. The van der Waals surface area contributed by atoms with E-state index >= 15 is 0 Å². The smallest absolute Gasteiger partial charge is 0.246 e. The summed E-state index contributed by atoms with van der Waals surface area (Å²) in [7, 11) is 0. The minimum atomic E-state index is -0.0107. The van der Waals surface area contributed by atoms with Crippen LogP contribution in [0.4, 0.5) is 0 Å². The molecule has 1 amide bonds. The van der Waals surface area contributed by atoms with E-state index in [1.54, 1.807) is 6.92 Å². The Morgan fingerprint density at radius 3 is 1.62 bits per heavy atom. The molecule has 0 saturated carbocycles. The first-order chi connectivity index (χ1) is 12.6. The van der Waals surface area contributed by atoms with Crippen molar-refractivity contribution in [2.24, 2.45) is 0 Å². The first-order valence-electron chi connectivity index (χ1n) is 11.3. The number of nitrogens with one attached hydrogen (secondary N) is 1. The van der Waals surface area contributed by atoms with E-state index in [1.807, 2.05) is 0 Å². The van der Waals surface area contributed by atoms with Gasteiger partial charge >= 0.3 is 0 Å². The highest BCUT2D eigenvalue weighted by molar-refractivity contribution is 5.91. The Balaban J connectivity index is 3.94. The second-order valence-electron chi connectivity index (χ2n) is 7.77. The quantitative estimate of drug-likeness (QED) is 0.221. The molecule has 0 atom stereocenters. The van der Waals surface area contributed by atoms with Crippen LogP contribution in [-0.4, -0.2) is 37.0 Å². The molecule has 0 unspecified atom stereocenters. The molecule has 0 aliphatic rings. The third-order valence-corrected chi connectivity index (χ3v) is 4.98. The highest BCUT2D eigenvalue weighted by Gasteiger charge is 2.06. The van der Waals surface area contributed by atoms with Crippen molar-refractivity contribution in [1.29, 1.82) is 0 Å². The van der Waals surface area contributed by atoms with Gasteiger partial charge in [0.25, 0.3) is 0 Å². The van der Waals surface area contributed by atoms with Crippen molar-refractivity contribution in [2.45, 2.75) is 104 Å².